The molecular weight excluding hydrogens is 539 g/mol. The van der Waals surface area contributed by atoms with E-state index >= 15 is 0 Å². The Kier molecular flexibility index (Phi) is 9.72. The highest BCUT2D eigenvalue weighted by Crippen LogP contribution is 2.39. The number of carbonyl (C=O) groups is 3. The lowest BCUT2D eigenvalue weighted by molar-refractivity contribution is -0.116. The summed E-state index contributed by atoms with van der Waals surface area (Å²) in [5, 5.41) is 2.65. The number of ether oxygens (including phenoxy) is 2. The number of rotatable bonds is 13. The zero-order valence-electron chi connectivity index (χ0n) is 21.4. The molecule has 0 fully saturated rings. The average molecular weight is 569 g/mol. The van der Waals surface area contributed by atoms with Crippen molar-refractivity contribution in [3.05, 3.63) is 52.6 Å². The van der Waals surface area contributed by atoms with Gasteiger partial charge >= 0.3 is 0 Å². The number of anilines is 1. The number of imide groups is 1. The van der Waals surface area contributed by atoms with Crippen LogP contribution >= 0.6 is 11.6 Å². The minimum atomic E-state index is -3.69. The van der Waals surface area contributed by atoms with Crippen LogP contribution in [-0.4, -0.2) is 69.3 Å². The molecule has 0 saturated heterocycles. The number of amides is 3. The van der Waals surface area contributed by atoms with Gasteiger partial charge in [0.15, 0.2) is 11.5 Å². The molecule has 0 bridgehead atoms. The van der Waals surface area contributed by atoms with Gasteiger partial charge in [0.2, 0.25) is 5.91 Å². The van der Waals surface area contributed by atoms with Crippen LogP contribution in [0.3, 0.4) is 0 Å². The first-order valence-electron chi connectivity index (χ1n) is 12.0. The molecule has 2 aromatic rings. The van der Waals surface area contributed by atoms with Crippen LogP contribution in [0.1, 0.15) is 57.7 Å². The second-order valence-corrected chi connectivity index (χ2v) is 11.3. The summed E-state index contributed by atoms with van der Waals surface area (Å²) in [7, 11) is -2.24. The summed E-state index contributed by atoms with van der Waals surface area (Å²) in [6.07, 6.45) is 1.36. The summed E-state index contributed by atoms with van der Waals surface area (Å²) >= 11 is 5.68. The topological polar surface area (TPSA) is 119 Å². The summed E-state index contributed by atoms with van der Waals surface area (Å²) in [6, 6.07) is 6.33. The Morgan fingerprint density at radius 3 is 2.50 bits per heavy atom. The van der Waals surface area contributed by atoms with Crippen LogP contribution in [0.4, 0.5) is 10.1 Å². The molecule has 0 saturated carbocycles. The molecule has 1 atom stereocenters. The largest absolute Gasteiger partial charge is 0.493 e. The SMILES string of the molecule is CCOc1cc([C@@H](CS(C)(=O)=O)N2C(=O)c3ccc(CCF)c(NC(=O)CCCCl)c3C2=O)ccc1OC. The van der Waals surface area contributed by atoms with Crippen LogP contribution in [0.25, 0.3) is 0 Å². The van der Waals surface area contributed by atoms with E-state index in [-0.39, 0.29) is 35.5 Å². The number of sulfone groups is 1. The van der Waals surface area contributed by atoms with Gasteiger partial charge in [-0.3, -0.25) is 23.7 Å². The molecule has 12 heteroatoms. The number of carbonyl (C=O) groups excluding carboxylic acids is 3. The highest BCUT2D eigenvalue weighted by Gasteiger charge is 2.44. The molecule has 1 aliphatic heterocycles. The molecule has 1 heterocycles. The lowest BCUT2D eigenvalue weighted by atomic mass is 10.00. The predicted molar refractivity (Wildman–Crippen MR) is 142 cm³/mol. The fraction of sp³-hybridized carbons (Fsp3) is 0.423. The van der Waals surface area contributed by atoms with Crippen molar-refractivity contribution in [3.8, 4) is 11.5 Å². The molecule has 0 radical (unpaired) electrons. The fourth-order valence-corrected chi connectivity index (χ4v) is 5.38. The number of nitrogens with zero attached hydrogens (tertiary/aromatic N) is 1. The van der Waals surface area contributed by atoms with Gasteiger partial charge in [0.25, 0.3) is 11.8 Å². The van der Waals surface area contributed by atoms with Crippen molar-refractivity contribution in [2.75, 3.05) is 43.6 Å². The molecule has 0 aromatic heterocycles. The molecule has 206 valence electrons. The number of fused-ring (bicyclic) bond motifs is 1. The molecule has 9 nitrogen and oxygen atoms in total. The molecule has 0 spiro atoms. The summed E-state index contributed by atoms with van der Waals surface area (Å²) < 4.78 is 49.1. The lowest BCUT2D eigenvalue weighted by Crippen LogP contribution is -2.37. The van der Waals surface area contributed by atoms with Crippen LogP contribution in [0, 0.1) is 0 Å². The van der Waals surface area contributed by atoms with Crippen LogP contribution in [0.2, 0.25) is 0 Å². The molecule has 3 rings (SSSR count). The molecule has 1 aliphatic rings. The molecule has 2 aromatic carbocycles. The maximum absolute atomic E-state index is 13.8. The number of benzene rings is 2. The molecule has 3 amide bonds. The molecule has 1 N–H and O–H groups in total. The fourth-order valence-electron chi connectivity index (χ4n) is 4.33. The van der Waals surface area contributed by atoms with Crippen molar-refractivity contribution < 1.29 is 36.7 Å². The number of alkyl halides is 2. The Hall–Kier alpha value is -3.18. The third-order valence-corrected chi connectivity index (χ3v) is 7.17. The van der Waals surface area contributed by atoms with E-state index in [1.807, 2.05) is 0 Å². The maximum Gasteiger partial charge on any atom is 0.264 e. The quantitative estimate of drug-likeness (QED) is 0.287. The number of methoxy groups -OCH3 is 1. The van der Waals surface area contributed by atoms with Gasteiger partial charge < -0.3 is 14.8 Å². The lowest BCUT2D eigenvalue weighted by Gasteiger charge is -2.27. The number of nitrogens with one attached hydrogen (secondary N) is 1. The normalized spacial score (nSPS) is 13.9. The summed E-state index contributed by atoms with van der Waals surface area (Å²) in [5.41, 5.74) is 0.616. The van der Waals surface area contributed by atoms with E-state index < -0.39 is 46.0 Å². The monoisotopic (exact) mass is 568 g/mol. The molecule has 0 aliphatic carbocycles. The van der Waals surface area contributed by atoms with Gasteiger partial charge in [0, 0.05) is 25.0 Å². The van der Waals surface area contributed by atoms with Crippen LogP contribution in [0.15, 0.2) is 30.3 Å². The first-order valence-corrected chi connectivity index (χ1v) is 14.6. The number of hydrogen-bond donors (Lipinski definition) is 1. The highest BCUT2D eigenvalue weighted by molar-refractivity contribution is 7.90. The second kappa shape index (κ2) is 12.6. The van der Waals surface area contributed by atoms with Crippen molar-refractivity contribution in [2.24, 2.45) is 0 Å². The van der Waals surface area contributed by atoms with Gasteiger partial charge in [-0.05, 0) is 42.7 Å². The van der Waals surface area contributed by atoms with Gasteiger partial charge in [0.05, 0.1) is 49.0 Å². The van der Waals surface area contributed by atoms with E-state index in [2.05, 4.69) is 5.32 Å². The van der Waals surface area contributed by atoms with Crippen molar-refractivity contribution in [2.45, 2.75) is 32.2 Å². The molecule has 0 unspecified atom stereocenters. The molecule has 38 heavy (non-hydrogen) atoms. The predicted octanol–water partition coefficient (Wildman–Crippen LogP) is 3.95. The zero-order chi connectivity index (χ0) is 28.0. The first kappa shape index (κ1) is 29.4. The van der Waals surface area contributed by atoms with E-state index in [1.165, 1.54) is 25.3 Å². The Balaban J connectivity index is 2.14. The van der Waals surface area contributed by atoms with Gasteiger partial charge in [-0.25, -0.2) is 8.42 Å². The standard InChI is InChI=1S/C26H30ClFN2O7S/c1-4-37-21-14-17(8-10-20(21)36-2)19(15-38(3,34)35)30-25(32)18-9-7-16(11-13-28)24(23(18)26(30)33)29-22(31)6-5-12-27/h7-10,14,19H,4-6,11-13,15H2,1-3H3,(H,29,31)/t19-/m1/s1. The van der Waals surface area contributed by atoms with Crippen LogP contribution in [-0.2, 0) is 21.1 Å². The third-order valence-electron chi connectivity index (χ3n) is 5.98. The maximum atomic E-state index is 13.8. The van der Waals surface area contributed by atoms with Crippen molar-refractivity contribution >= 4 is 44.8 Å². The highest BCUT2D eigenvalue weighted by atomic mass is 35.5. The van der Waals surface area contributed by atoms with E-state index in [1.54, 1.807) is 19.1 Å². The van der Waals surface area contributed by atoms with Gasteiger partial charge in [0.1, 0.15) is 9.84 Å². The summed E-state index contributed by atoms with van der Waals surface area (Å²) in [4.78, 5) is 40.8. The summed E-state index contributed by atoms with van der Waals surface area (Å²) in [5.74, 6) is -1.54. The Morgan fingerprint density at radius 1 is 1.16 bits per heavy atom. The number of halogens is 2. The van der Waals surface area contributed by atoms with Gasteiger partial charge in [-0.1, -0.05) is 12.1 Å². The van der Waals surface area contributed by atoms with Gasteiger partial charge in [-0.15, -0.1) is 11.6 Å². The third kappa shape index (κ3) is 6.44. The minimum absolute atomic E-state index is 0.0118. The Labute approximate surface area is 226 Å². The van der Waals surface area contributed by atoms with Crippen molar-refractivity contribution in [3.63, 3.8) is 0 Å². The average Bonchev–Trinajstić information content (AvgIpc) is 3.12. The summed E-state index contributed by atoms with van der Waals surface area (Å²) in [6.45, 7) is 1.31. The second-order valence-electron chi connectivity index (χ2n) is 8.73. The molecular formula is C26H30ClFN2O7S. The van der Waals surface area contributed by atoms with Crippen LogP contribution < -0.4 is 14.8 Å². The van der Waals surface area contributed by atoms with Gasteiger partial charge in [-0.2, -0.15) is 0 Å². The van der Waals surface area contributed by atoms with Crippen molar-refractivity contribution in [1.82, 2.24) is 4.90 Å². The number of hydrogen-bond acceptors (Lipinski definition) is 7. The minimum Gasteiger partial charge on any atom is -0.493 e. The Bertz CT molecular complexity index is 1330. The van der Waals surface area contributed by atoms with E-state index in [4.69, 9.17) is 21.1 Å². The van der Waals surface area contributed by atoms with E-state index in [0.717, 1.165) is 11.2 Å². The Morgan fingerprint density at radius 2 is 1.89 bits per heavy atom. The van der Waals surface area contributed by atoms with E-state index in [0.29, 0.717) is 35.7 Å². The number of aryl methyl sites for hydroxylation is 1. The zero-order valence-corrected chi connectivity index (χ0v) is 23.0. The van der Waals surface area contributed by atoms with Crippen LogP contribution in [0.5, 0.6) is 11.5 Å². The smallest absolute Gasteiger partial charge is 0.264 e. The van der Waals surface area contributed by atoms with E-state index in [9.17, 15) is 27.2 Å². The van der Waals surface area contributed by atoms with Crippen molar-refractivity contribution in [1.29, 1.82) is 0 Å². The first-order chi connectivity index (χ1) is 18.1.